The molecule has 12 heteroatoms. The lowest BCUT2D eigenvalue weighted by molar-refractivity contribution is 0.120. The standard InChI is InChI=1S/C26H26N4O8/c31-23-21-17(3-1-5-19(21)37-25(27-23)29-7-11-33-12-8-29)35-15-16-36-18-4-2-6-20-22(18)24(32)28-26(38-20)30-9-13-34-14-10-30/h1-6H,7-16H2. The summed E-state index contributed by atoms with van der Waals surface area (Å²) >= 11 is 0. The fraction of sp³-hybridized carbons (Fsp3) is 0.385. The Morgan fingerprint density at radius 3 is 1.50 bits per heavy atom. The number of morpholine rings is 2. The van der Waals surface area contributed by atoms with Gasteiger partial charge in [-0.15, -0.1) is 0 Å². The summed E-state index contributed by atoms with van der Waals surface area (Å²) in [4.78, 5) is 37.7. The quantitative estimate of drug-likeness (QED) is 0.328. The highest BCUT2D eigenvalue weighted by Crippen LogP contribution is 2.27. The van der Waals surface area contributed by atoms with Gasteiger partial charge in [0.1, 0.15) is 46.7 Å². The van der Waals surface area contributed by atoms with Gasteiger partial charge in [-0.1, -0.05) is 12.1 Å². The zero-order valence-electron chi connectivity index (χ0n) is 20.6. The first kappa shape index (κ1) is 24.2. The molecule has 0 bridgehead atoms. The molecule has 0 radical (unpaired) electrons. The van der Waals surface area contributed by atoms with Crippen molar-refractivity contribution in [2.75, 3.05) is 75.6 Å². The maximum absolute atomic E-state index is 12.8. The molecule has 2 aromatic heterocycles. The van der Waals surface area contributed by atoms with Gasteiger partial charge in [0.25, 0.3) is 11.1 Å². The normalized spacial score (nSPS) is 16.2. The van der Waals surface area contributed by atoms with Gasteiger partial charge < -0.3 is 37.6 Å². The molecule has 2 fully saturated rings. The van der Waals surface area contributed by atoms with Crippen molar-refractivity contribution in [1.82, 2.24) is 9.97 Å². The average molecular weight is 523 g/mol. The molecule has 38 heavy (non-hydrogen) atoms. The minimum Gasteiger partial charge on any atom is -0.489 e. The van der Waals surface area contributed by atoms with Gasteiger partial charge in [0.15, 0.2) is 0 Å². The highest BCUT2D eigenvalue weighted by atomic mass is 16.5. The molecule has 0 saturated carbocycles. The number of anilines is 2. The van der Waals surface area contributed by atoms with Crippen molar-refractivity contribution in [3.8, 4) is 11.5 Å². The summed E-state index contributed by atoms with van der Waals surface area (Å²) in [7, 11) is 0. The van der Waals surface area contributed by atoms with Crippen LogP contribution < -0.4 is 30.4 Å². The van der Waals surface area contributed by atoms with Crippen molar-refractivity contribution < 1.29 is 27.8 Å². The molecular weight excluding hydrogens is 496 g/mol. The van der Waals surface area contributed by atoms with Crippen LogP contribution in [0.4, 0.5) is 12.0 Å². The molecule has 0 N–H and O–H groups in total. The summed E-state index contributed by atoms with van der Waals surface area (Å²) in [6.07, 6.45) is 0. The van der Waals surface area contributed by atoms with E-state index in [4.69, 9.17) is 27.8 Å². The van der Waals surface area contributed by atoms with E-state index in [1.54, 1.807) is 36.4 Å². The lowest BCUT2D eigenvalue weighted by atomic mass is 10.2. The third-order valence-corrected chi connectivity index (χ3v) is 6.36. The van der Waals surface area contributed by atoms with Crippen molar-refractivity contribution >= 4 is 34.0 Å². The highest BCUT2D eigenvalue weighted by molar-refractivity contribution is 5.84. The van der Waals surface area contributed by atoms with Crippen LogP contribution in [0.3, 0.4) is 0 Å². The molecule has 4 heterocycles. The van der Waals surface area contributed by atoms with Crippen molar-refractivity contribution in [3.63, 3.8) is 0 Å². The molecular formula is C26H26N4O8. The second-order valence-electron chi connectivity index (χ2n) is 8.76. The predicted octanol–water partition coefficient (Wildman–Crippen LogP) is 1.82. The zero-order valence-corrected chi connectivity index (χ0v) is 20.6. The molecule has 0 unspecified atom stereocenters. The fourth-order valence-corrected chi connectivity index (χ4v) is 4.47. The first-order valence-electron chi connectivity index (χ1n) is 12.5. The van der Waals surface area contributed by atoms with Crippen LogP contribution in [0.15, 0.2) is 54.8 Å². The number of nitrogens with zero attached hydrogens (tertiary/aromatic N) is 4. The molecule has 2 aliphatic heterocycles. The smallest absolute Gasteiger partial charge is 0.301 e. The third-order valence-electron chi connectivity index (χ3n) is 6.36. The average Bonchev–Trinajstić information content (AvgIpc) is 2.96. The van der Waals surface area contributed by atoms with Gasteiger partial charge >= 0.3 is 12.0 Å². The molecule has 12 nitrogen and oxygen atoms in total. The van der Waals surface area contributed by atoms with Gasteiger partial charge in [0.05, 0.1) is 26.4 Å². The molecule has 2 saturated heterocycles. The Kier molecular flexibility index (Phi) is 6.80. The van der Waals surface area contributed by atoms with Gasteiger partial charge in [0.2, 0.25) is 0 Å². The number of hydrogen-bond donors (Lipinski definition) is 0. The Labute approximate surface area is 216 Å². The lowest BCUT2D eigenvalue weighted by Gasteiger charge is -2.26. The Hall–Kier alpha value is -4.16. The van der Waals surface area contributed by atoms with Gasteiger partial charge in [-0.2, -0.15) is 9.97 Å². The first-order valence-corrected chi connectivity index (χ1v) is 12.5. The van der Waals surface area contributed by atoms with E-state index in [0.717, 1.165) is 0 Å². The van der Waals surface area contributed by atoms with Crippen molar-refractivity contribution in [2.45, 2.75) is 0 Å². The number of benzene rings is 2. The minimum absolute atomic E-state index is 0.116. The van der Waals surface area contributed by atoms with E-state index in [2.05, 4.69) is 9.97 Å². The van der Waals surface area contributed by atoms with Crippen LogP contribution in [0.2, 0.25) is 0 Å². The molecule has 2 aromatic carbocycles. The number of hydrogen-bond acceptors (Lipinski definition) is 12. The SMILES string of the molecule is O=c1nc(N2CCOCC2)oc2cccc(OCCOc3cccc4oc(N5CCOCC5)nc(=O)c34)c12. The maximum atomic E-state index is 12.8. The number of fused-ring (bicyclic) bond motifs is 2. The highest BCUT2D eigenvalue weighted by Gasteiger charge is 2.20. The van der Waals surface area contributed by atoms with E-state index >= 15 is 0 Å². The van der Waals surface area contributed by atoms with E-state index in [0.29, 0.717) is 75.3 Å². The molecule has 6 rings (SSSR count). The summed E-state index contributed by atoms with van der Waals surface area (Å²) in [5.41, 5.74) is -0.0893. The van der Waals surface area contributed by atoms with Crippen LogP contribution in [-0.4, -0.2) is 75.8 Å². The van der Waals surface area contributed by atoms with Gasteiger partial charge in [-0.3, -0.25) is 9.59 Å². The van der Waals surface area contributed by atoms with Gasteiger partial charge in [-0.25, -0.2) is 0 Å². The van der Waals surface area contributed by atoms with Crippen LogP contribution in [0.5, 0.6) is 11.5 Å². The summed E-state index contributed by atoms with van der Waals surface area (Å²) < 4.78 is 34.2. The Balaban J connectivity index is 1.16. The Bertz CT molecular complexity index is 1440. The molecule has 198 valence electrons. The summed E-state index contributed by atoms with van der Waals surface area (Å²) in [6, 6.07) is 10.8. The van der Waals surface area contributed by atoms with E-state index in [9.17, 15) is 9.59 Å². The van der Waals surface area contributed by atoms with Crippen LogP contribution in [0.25, 0.3) is 21.9 Å². The molecule has 0 spiro atoms. The molecule has 2 aliphatic rings. The second kappa shape index (κ2) is 10.7. The summed E-state index contributed by atoms with van der Waals surface area (Å²) in [6.45, 7) is 4.85. The Morgan fingerprint density at radius 2 is 1.08 bits per heavy atom. The minimum atomic E-state index is -0.432. The predicted molar refractivity (Wildman–Crippen MR) is 138 cm³/mol. The van der Waals surface area contributed by atoms with Gasteiger partial charge in [0, 0.05) is 26.2 Å². The first-order chi connectivity index (χ1) is 18.7. The van der Waals surface area contributed by atoms with E-state index < -0.39 is 11.1 Å². The summed E-state index contributed by atoms with van der Waals surface area (Å²) in [5, 5.41) is 0.519. The number of ether oxygens (including phenoxy) is 4. The molecule has 0 amide bonds. The largest absolute Gasteiger partial charge is 0.489 e. The summed E-state index contributed by atoms with van der Waals surface area (Å²) in [5.74, 6) is 0.685. The Morgan fingerprint density at radius 1 is 0.658 bits per heavy atom. The van der Waals surface area contributed by atoms with E-state index in [1.165, 1.54) is 0 Å². The van der Waals surface area contributed by atoms with E-state index in [-0.39, 0.29) is 36.0 Å². The zero-order chi connectivity index (χ0) is 25.9. The van der Waals surface area contributed by atoms with Crippen molar-refractivity contribution in [2.24, 2.45) is 0 Å². The monoisotopic (exact) mass is 522 g/mol. The van der Waals surface area contributed by atoms with Crippen LogP contribution in [0.1, 0.15) is 0 Å². The molecule has 4 aromatic rings. The van der Waals surface area contributed by atoms with Crippen LogP contribution in [0, 0.1) is 0 Å². The number of rotatable bonds is 7. The molecule has 0 aliphatic carbocycles. The third kappa shape index (κ3) is 4.87. The fourth-order valence-electron chi connectivity index (χ4n) is 4.47. The van der Waals surface area contributed by atoms with Crippen molar-refractivity contribution in [1.29, 1.82) is 0 Å². The van der Waals surface area contributed by atoms with Crippen LogP contribution in [-0.2, 0) is 9.47 Å². The van der Waals surface area contributed by atoms with Crippen molar-refractivity contribution in [3.05, 3.63) is 57.1 Å². The van der Waals surface area contributed by atoms with Gasteiger partial charge in [-0.05, 0) is 24.3 Å². The molecule has 0 atom stereocenters. The maximum Gasteiger partial charge on any atom is 0.301 e. The number of aromatic nitrogens is 2. The van der Waals surface area contributed by atoms with Crippen LogP contribution >= 0.6 is 0 Å². The van der Waals surface area contributed by atoms with E-state index in [1.807, 2.05) is 9.80 Å². The lowest BCUT2D eigenvalue weighted by Crippen LogP contribution is -2.37. The second-order valence-corrected chi connectivity index (χ2v) is 8.76. The topological polar surface area (TPSA) is 130 Å².